The number of benzene rings is 1. The average Bonchev–Trinajstić information content (AvgIpc) is 2.66. The van der Waals surface area contributed by atoms with Gasteiger partial charge in [-0.25, -0.2) is 4.79 Å². The normalized spacial score (nSPS) is 10.8. The van der Waals surface area contributed by atoms with Gasteiger partial charge >= 0.3 is 5.97 Å². The second kappa shape index (κ2) is 14.6. The third kappa shape index (κ3) is 9.84. The molecule has 0 saturated heterocycles. The van der Waals surface area contributed by atoms with Gasteiger partial charge in [0.1, 0.15) is 0 Å². The Hall–Kier alpha value is -1.51. The number of carboxylic acid groups (broad SMARTS) is 1. The van der Waals surface area contributed by atoms with Crippen LogP contribution in [0.25, 0.3) is 0 Å². The van der Waals surface area contributed by atoms with Gasteiger partial charge in [0, 0.05) is 18.8 Å². The minimum Gasteiger partial charge on any atom is -0.478 e. The molecule has 26 heavy (non-hydrogen) atoms. The van der Waals surface area contributed by atoms with Gasteiger partial charge in [-0.05, 0) is 37.6 Å². The number of carbonyl (C=O) groups is 1. The van der Waals surface area contributed by atoms with Crippen molar-refractivity contribution in [3.8, 4) is 0 Å². The van der Waals surface area contributed by atoms with E-state index in [2.05, 4.69) is 18.7 Å². The SMILES string of the molecule is CCCCCCCCCCCCCCN(CC)c1ccc(C(=O)O)cc1. The predicted octanol–water partition coefficient (Wildman–Crippen LogP) is 6.91. The van der Waals surface area contributed by atoms with E-state index in [9.17, 15) is 4.79 Å². The number of carboxylic acids is 1. The maximum atomic E-state index is 10.9. The Morgan fingerprint density at radius 2 is 1.23 bits per heavy atom. The molecule has 0 amide bonds. The molecule has 0 radical (unpaired) electrons. The highest BCUT2D eigenvalue weighted by molar-refractivity contribution is 5.88. The summed E-state index contributed by atoms with van der Waals surface area (Å²) in [7, 11) is 0. The molecule has 1 N–H and O–H groups in total. The fraction of sp³-hybridized carbons (Fsp3) is 0.696. The maximum Gasteiger partial charge on any atom is 0.335 e. The second-order valence-corrected chi connectivity index (χ2v) is 7.32. The van der Waals surface area contributed by atoms with Crippen molar-refractivity contribution in [1.82, 2.24) is 0 Å². The van der Waals surface area contributed by atoms with Crippen LogP contribution in [0, 0.1) is 0 Å². The largest absolute Gasteiger partial charge is 0.478 e. The molecule has 0 saturated carbocycles. The second-order valence-electron chi connectivity index (χ2n) is 7.32. The molecule has 3 heteroatoms. The van der Waals surface area contributed by atoms with Crippen molar-refractivity contribution in [3.63, 3.8) is 0 Å². The Morgan fingerprint density at radius 1 is 0.769 bits per heavy atom. The fourth-order valence-electron chi connectivity index (χ4n) is 3.43. The molecule has 1 aromatic rings. The number of anilines is 1. The highest BCUT2D eigenvalue weighted by Crippen LogP contribution is 2.17. The lowest BCUT2D eigenvalue weighted by molar-refractivity contribution is 0.0697. The number of hydrogen-bond acceptors (Lipinski definition) is 2. The van der Waals surface area contributed by atoms with Crippen LogP contribution in [0.5, 0.6) is 0 Å². The fourth-order valence-corrected chi connectivity index (χ4v) is 3.43. The number of hydrogen-bond donors (Lipinski definition) is 1. The van der Waals surface area contributed by atoms with Crippen molar-refractivity contribution in [1.29, 1.82) is 0 Å². The van der Waals surface area contributed by atoms with Gasteiger partial charge in [0.2, 0.25) is 0 Å². The molecule has 0 fully saturated rings. The summed E-state index contributed by atoms with van der Waals surface area (Å²) in [5.41, 5.74) is 1.48. The van der Waals surface area contributed by atoms with E-state index in [1.165, 1.54) is 77.0 Å². The first kappa shape index (κ1) is 22.5. The summed E-state index contributed by atoms with van der Waals surface area (Å²) < 4.78 is 0. The number of aromatic carboxylic acids is 1. The molecule has 3 nitrogen and oxygen atoms in total. The minimum absolute atomic E-state index is 0.357. The maximum absolute atomic E-state index is 10.9. The Morgan fingerprint density at radius 3 is 1.65 bits per heavy atom. The Kier molecular flexibility index (Phi) is 12.7. The molecule has 0 bridgehead atoms. The van der Waals surface area contributed by atoms with Crippen LogP contribution >= 0.6 is 0 Å². The van der Waals surface area contributed by atoms with Gasteiger partial charge in [-0.15, -0.1) is 0 Å². The van der Waals surface area contributed by atoms with E-state index in [4.69, 9.17) is 5.11 Å². The standard InChI is InChI=1S/C23H39NO2/c1-3-5-6-7-8-9-10-11-12-13-14-15-20-24(4-2)22-18-16-21(17-19-22)23(25)26/h16-19H,3-15,20H2,1-2H3,(H,25,26). The van der Waals surface area contributed by atoms with Crippen LogP contribution in [0.3, 0.4) is 0 Å². The van der Waals surface area contributed by atoms with Gasteiger partial charge in [0.15, 0.2) is 0 Å². The molecule has 0 aromatic heterocycles. The first-order chi connectivity index (χ1) is 12.7. The highest BCUT2D eigenvalue weighted by Gasteiger charge is 2.06. The van der Waals surface area contributed by atoms with Gasteiger partial charge in [-0.3, -0.25) is 0 Å². The Labute approximate surface area is 160 Å². The predicted molar refractivity (Wildman–Crippen MR) is 112 cm³/mol. The van der Waals surface area contributed by atoms with Crippen molar-refractivity contribution in [2.75, 3.05) is 18.0 Å². The van der Waals surface area contributed by atoms with Crippen molar-refractivity contribution in [2.45, 2.75) is 90.9 Å². The number of rotatable bonds is 16. The summed E-state index contributed by atoms with van der Waals surface area (Å²) in [6, 6.07) is 7.24. The Balaban J connectivity index is 2.06. The lowest BCUT2D eigenvalue weighted by atomic mass is 10.1. The summed E-state index contributed by atoms with van der Waals surface area (Å²) in [6.45, 7) is 6.45. The summed E-state index contributed by atoms with van der Waals surface area (Å²) >= 11 is 0. The molecule has 148 valence electrons. The summed E-state index contributed by atoms with van der Waals surface area (Å²) in [5, 5.41) is 8.98. The quantitative estimate of drug-likeness (QED) is 0.325. The molecule has 0 aliphatic heterocycles. The third-order valence-electron chi connectivity index (χ3n) is 5.14. The Bertz CT molecular complexity index is 470. The summed E-state index contributed by atoms with van der Waals surface area (Å²) in [6.07, 6.45) is 16.4. The monoisotopic (exact) mass is 361 g/mol. The van der Waals surface area contributed by atoms with Gasteiger partial charge in [0.05, 0.1) is 5.56 Å². The molecule has 0 aliphatic carbocycles. The van der Waals surface area contributed by atoms with E-state index in [-0.39, 0.29) is 0 Å². The first-order valence-corrected chi connectivity index (χ1v) is 10.8. The zero-order valence-corrected chi connectivity index (χ0v) is 17.0. The van der Waals surface area contributed by atoms with Gasteiger partial charge < -0.3 is 10.0 Å². The van der Waals surface area contributed by atoms with E-state index in [1.54, 1.807) is 12.1 Å². The van der Waals surface area contributed by atoms with Crippen LogP contribution in [-0.2, 0) is 0 Å². The van der Waals surface area contributed by atoms with E-state index < -0.39 is 5.97 Å². The zero-order valence-electron chi connectivity index (χ0n) is 17.0. The van der Waals surface area contributed by atoms with Crippen LogP contribution in [0.15, 0.2) is 24.3 Å². The molecule has 1 aromatic carbocycles. The first-order valence-electron chi connectivity index (χ1n) is 10.8. The van der Waals surface area contributed by atoms with E-state index in [0.29, 0.717) is 5.56 Å². The third-order valence-corrected chi connectivity index (χ3v) is 5.14. The number of nitrogens with zero attached hydrogens (tertiary/aromatic N) is 1. The van der Waals surface area contributed by atoms with Crippen LogP contribution < -0.4 is 4.90 Å². The van der Waals surface area contributed by atoms with E-state index in [0.717, 1.165) is 18.8 Å². The lowest BCUT2D eigenvalue weighted by Crippen LogP contribution is -2.23. The van der Waals surface area contributed by atoms with Gasteiger partial charge in [-0.2, -0.15) is 0 Å². The highest BCUT2D eigenvalue weighted by atomic mass is 16.4. The van der Waals surface area contributed by atoms with Crippen LogP contribution in [-0.4, -0.2) is 24.2 Å². The zero-order chi connectivity index (χ0) is 19.0. The van der Waals surface area contributed by atoms with Crippen LogP contribution in [0.2, 0.25) is 0 Å². The number of unbranched alkanes of at least 4 members (excludes halogenated alkanes) is 11. The molecule has 0 unspecified atom stereocenters. The van der Waals surface area contributed by atoms with E-state index in [1.807, 2.05) is 12.1 Å². The minimum atomic E-state index is -0.861. The molecule has 0 atom stereocenters. The topological polar surface area (TPSA) is 40.5 Å². The summed E-state index contributed by atoms with van der Waals surface area (Å²) in [5.74, 6) is -0.861. The molecule has 1 rings (SSSR count). The average molecular weight is 362 g/mol. The molecule has 0 aliphatic rings. The van der Waals surface area contributed by atoms with Crippen molar-refractivity contribution in [2.24, 2.45) is 0 Å². The molecule has 0 heterocycles. The van der Waals surface area contributed by atoms with E-state index >= 15 is 0 Å². The van der Waals surface area contributed by atoms with Crippen LogP contribution in [0.4, 0.5) is 5.69 Å². The molecular formula is C23H39NO2. The van der Waals surface area contributed by atoms with Crippen molar-refractivity contribution in [3.05, 3.63) is 29.8 Å². The summed E-state index contributed by atoms with van der Waals surface area (Å²) in [4.78, 5) is 13.3. The van der Waals surface area contributed by atoms with Crippen molar-refractivity contribution >= 4 is 11.7 Å². The lowest BCUT2D eigenvalue weighted by Gasteiger charge is -2.23. The van der Waals surface area contributed by atoms with Crippen LogP contribution in [0.1, 0.15) is 101 Å². The van der Waals surface area contributed by atoms with Gasteiger partial charge in [-0.1, -0.05) is 77.6 Å². The molecule has 0 spiro atoms. The smallest absolute Gasteiger partial charge is 0.335 e. The molecular weight excluding hydrogens is 322 g/mol. The van der Waals surface area contributed by atoms with Crippen molar-refractivity contribution < 1.29 is 9.90 Å². The van der Waals surface area contributed by atoms with Gasteiger partial charge in [0.25, 0.3) is 0 Å².